The number of carbonyl (C=O) groups is 1. The molecule has 0 aliphatic rings. The first-order chi connectivity index (χ1) is 6.63. The Hall–Kier alpha value is -0.960. The van der Waals surface area contributed by atoms with Crippen LogP contribution in [0.25, 0.3) is 0 Å². The Morgan fingerprint density at radius 1 is 1.50 bits per heavy atom. The first kappa shape index (κ1) is 11.1. The van der Waals surface area contributed by atoms with Gasteiger partial charge in [-0.25, -0.2) is 0 Å². The van der Waals surface area contributed by atoms with Crippen molar-refractivity contribution in [2.75, 3.05) is 7.11 Å². The van der Waals surface area contributed by atoms with Gasteiger partial charge < -0.3 is 4.74 Å². The van der Waals surface area contributed by atoms with Crippen LogP contribution in [0.1, 0.15) is 13.8 Å². The van der Waals surface area contributed by atoms with Crippen LogP contribution in [-0.2, 0) is 4.79 Å². The Morgan fingerprint density at radius 3 is 2.79 bits per heavy atom. The van der Waals surface area contributed by atoms with E-state index >= 15 is 0 Å². The van der Waals surface area contributed by atoms with E-state index in [9.17, 15) is 4.79 Å². The van der Waals surface area contributed by atoms with Crippen LogP contribution >= 0.6 is 11.8 Å². The average molecular weight is 210 g/mol. The van der Waals surface area contributed by atoms with E-state index in [4.69, 9.17) is 4.74 Å². The molecule has 1 aromatic carbocycles. The molecule has 1 atom stereocenters. The second-order valence-electron chi connectivity index (χ2n) is 3.05. The lowest BCUT2D eigenvalue weighted by atomic mass is 10.3. The van der Waals surface area contributed by atoms with Crippen LogP contribution in [0.4, 0.5) is 0 Å². The fraction of sp³-hybridized carbons (Fsp3) is 0.364. The highest BCUT2D eigenvalue weighted by atomic mass is 32.2. The lowest BCUT2D eigenvalue weighted by molar-refractivity contribution is -0.116. The highest BCUT2D eigenvalue weighted by molar-refractivity contribution is 8.00. The third kappa shape index (κ3) is 3.07. The van der Waals surface area contributed by atoms with Crippen LogP contribution in [-0.4, -0.2) is 18.1 Å². The van der Waals surface area contributed by atoms with Gasteiger partial charge in [0, 0.05) is 4.90 Å². The van der Waals surface area contributed by atoms with Gasteiger partial charge in [0.25, 0.3) is 0 Å². The molecule has 0 heterocycles. The maximum absolute atomic E-state index is 11.1. The molecule has 0 amide bonds. The fourth-order valence-electron chi connectivity index (χ4n) is 0.962. The van der Waals surface area contributed by atoms with Gasteiger partial charge in [0.15, 0.2) is 0 Å². The summed E-state index contributed by atoms with van der Waals surface area (Å²) in [6.07, 6.45) is 0. The van der Waals surface area contributed by atoms with Gasteiger partial charge in [-0.15, -0.1) is 11.8 Å². The minimum absolute atomic E-state index is 0.00195. The zero-order valence-corrected chi connectivity index (χ0v) is 9.43. The largest absolute Gasteiger partial charge is 0.497 e. The molecule has 14 heavy (non-hydrogen) atoms. The monoisotopic (exact) mass is 210 g/mol. The fourth-order valence-corrected chi connectivity index (χ4v) is 1.88. The zero-order valence-electron chi connectivity index (χ0n) is 8.61. The average Bonchev–Trinajstić information content (AvgIpc) is 2.18. The van der Waals surface area contributed by atoms with E-state index in [-0.39, 0.29) is 11.0 Å². The van der Waals surface area contributed by atoms with E-state index in [2.05, 4.69) is 0 Å². The summed E-state index contributed by atoms with van der Waals surface area (Å²) in [6.45, 7) is 3.52. The summed E-state index contributed by atoms with van der Waals surface area (Å²) in [5.74, 6) is 1.02. The maximum atomic E-state index is 11.1. The van der Waals surface area contributed by atoms with Crippen LogP contribution in [0.3, 0.4) is 0 Å². The molecule has 0 aliphatic carbocycles. The molecule has 1 aromatic rings. The van der Waals surface area contributed by atoms with E-state index in [1.54, 1.807) is 25.8 Å². The molecule has 0 saturated heterocycles. The molecule has 76 valence electrons. The van der Waals surface area contributed by atoms with E-state index in [1.807, 2.05) is 31.2 Å². The summed E-state index contributed by atoms with van der Waals surface area (Å²) in [5, 5.41) is 0.00195. The number of thioether (sulfide) groups is 1. The standard InChI is InChI=1S/C11H14O2S/c1-8(12)9(2)14-11-6-4-5-10(7-11)13-3/h4-7,9H,1-3H3. The molecular weight excluding hydrogens is 196 g/mol. The number of ketones is 1. The number of ether oxygens (including phenoxy) is 1. The Morgan fingerprint density at radius 2 is 2.21 bits per heavy atom. The molecule has 2 nitrogen and oxygen atoms in total. The predicted molar refractivity (Wildman–Crippen MR) is 59.0 cm³/mol. The first-order valence-electron chi connectivity index (χ1n) is 4.44. The molecule has 0 saturated carbocycles. The topological polar surface area (TPSA) is 26.3 Å². The molecule has 0 spiro atoms. The van der Waals surface area contributed by atoms with Gasteiger partial charge in [-0.1, -0.05) is 6.07 Å². The number of benzene rings is 1. The minimum atomic E-state index is 0.00195. The maximum Gasteiger partial charge on any atom is 0.142 e. The molecule has 0 N–H and O–H groups in total. The molecule has 0 radical (unpaired) electrons. The summed E-state index contributed by atoms with van der Waals surface area (Å²) >= 11 is 1.55. The van der Waals surface area contributed by atoms with Crippen LogP contribution < -0.4 is 4.74 Å². The third-order valence-corrected chi connectivity index (χ3v) is 3.14. The number of hydrogen-bond acceptors (Lipinski definition) is 3. The summed E-state index contributed by atoms with van der Waals surface area (Å²) in [7, 11) is 1.64. The summed E-state index contributed by atoms with van der Waals surface area (Å²) in [6, 6.07) is 7.73. The SMILES string of the molecule is COc1cccc(SC(C)C(C)=O)c1. The number of hydrogen-bond donors (Lipinski definition) is 0. The first-order valence-corrected chi connectivity index (χ1v) is 5.32. The smallest absolute Gasteiger partial charge is 0.142 e. The second-order valence-corrected chi connectivity index (χ2v) is 4.46. The van der Waals surface area contributed by atoms with Gasteiger partial charge in [-0.2, -0.15) is 0 Å². The molecule has 0 aromatic heterocycles. The van der Waals surface area contributed by atoms with Crippen LogP contribution in [0.15, 0.2) is 29.2 Å². The van der Waals surface area contributed by atoms with Crippen molar-refractivity contribution < 1.29 is 9.53 Å². The lowest BCUT2D eigenvalue weighted by Crippen LogP contribution is -2.07. The van der Waals surface area contributed by atoms with Crippen molar-refractivity contribution in [2.24, 2.45) is 0 Å². The Bertz CT molecular complexity index is 323. The number of Topliss-reactive ketones (excluding diaryl/α,β-unsaturated/α-hetero) is 1. The quantitative estimate of drug-likeness (QED) is 0.715. The van der Waals surface area contributed by atoms with Crippen molar-refractivity contribution >= 4 is 17.5 Å². The van der Waals surface area contributed by atoms with Crippen LogP contribution in [0, 0.1) is 0 Å². The van der Waals surface area contributed by atoms with E-state index in [0.717, 1.165) is 10.6 Å². The second kappa shape index (κ2) is 5.05. The van der Waals surface area contributed by atoms with E-state index in [1.165, 1.54) is 0 Å². The molecule has 0 fully saturated rings. The van der Waals surface area contributed by atoms with Crippen LogP contribution in [0.5, 0.6) is 5.75 Å². The molecule has 0 aliphatic heterocycles. The van der Waals surface area contributed by atoms with Crippen molar-refractivity contribution in [3.05, 3.63) is 24.3 Å². The summed E-state index contributed by atoms with van der Waals surface area (Å²) in [4.78, 5) is 12.1. The molecule has 0 bridgehead atoms. The molecular formula is C11H14O2S. The van der Waals surface area contributed by atoms with Gasteiger partial charge in [0.05, 0.1) is 12.4 Å². The lowest BCUT2D eigenvalue weighted by Gasteiger charge is -2.08. The van der Waals surface area contributed by atoms with Crippen molar-refractivity contribution in [1.82, 2.24) is 0 Å². The Kier molecular flexibility index (Phi) is 4.01. The normalized spacial score (nSPS) is 12.2. The van der Waals surface area contributed by atoms with Crippen molar-refractivity contribution in [1.29, 1.82) is 0 Å². The van der Waals surface area contributed by atoms with Crippen LogP contribution in [0.2, 0.25) is 0 Å². The Labute approximate surface area is 88.7 Å². The van der Waals surface area contributed by atoms with Crippen molar-refractivity contribution in [3.63, 3.8) is 0 Å². The van der Waals surface area contributed by atoms with Gasteiger partial charge in [-0.3, -0.25) is 4.79 Å². The van der Waals surface area contributed by atoms with Gasteiger partial charge in [0.2, 0.25) is 0 Å². The highest BCUT2D eigenvalue weighted by Gasteiger charge is 2.09. The number of carbonyl (C=O) groups excluding carboxylic acids is 1. The highest BCUT2D eigenvalue weighted by Crippen LogP contribution is 2.26. The molecule has 1 unspecified atom stereocenters. The van der Waals surface area contributed by atoms with Gasteiger partial charge in [-0.05, 0) is 32.0 Å². The van der Waals surface area contributed by atoms with E-state index < -0.39 is 0 Å². The van der Waals surface area contributed by atoms with Gasteiger partial charge >= 0.3 is 0 Å². The third-order valence-electron chi connectivity index (χ3n) is 1.93. The number of methoxy groups -OCH3 is 1. The zero-order chi connectivity index (χ0) is 10.6. The van der Waals surface area contributed by atoms with E-state index in [0.29, 0.717) is 0 Å². The minimum Gasteiger partial charge on any atom is -0.497 e. The van der Waals surface area contributed by atoms with Crippen molar-refractivity contribution in [2.45, 2.75) is 24.0 Å². The predicted octanol–water partition coefficient (Wildman–Crippen LogP) is 2.76. The van der Waals surface area contributed by atoms with Crippen molar-refractivity contribution in [3.8, 4) is 5.75 Å². The Balaban J connectivity index is 2.71. The van der Waals surface area contributed by atoms with Gasteiger partial charge in [0.1, 0.15) is 11.5 Å². The molecule has 1 rings (SSSR count). The molecule has 3 heteroatoms. The summed E-state index contributed by atoms with van der Waals surface area (Å²) < 4.78 is 5.10. The number of rotatable bonds is 4. The summed E-state index contributed by atoms with van der Waals surface area (Å²) in [5.41, 5.74) is 0.